The van der Waals surface area contributed by atoms with E-state index in [9.17, 15) is 4.79 Å². The quantitative estimate of drug-likeness (QED) is 0.779. The van der Waals surface area contributed by atoms with Crippen molar-refractivity contribution >= 4 is 17.3 Å². The minimum absolute atomic E-state index is 0.151. The van der Waals surface area contributed by atoms with E-state index in [1.807, 2.05) is 13.0 Å². The number of hydrogen-bond donors (Lipinski definition) is 2. The summed E-state index contributed by atoms with van der Waals surface area (Å²) in [6.45, 7) is 4.41. The maximum atomic E-state index is 11.1. The lowest BCUT2D eigenvalue weighted by molar-refractivity contribution is 0.0698. The van der Waals surface area contributed by atoms with Crippen LogP contribution in [0.15, 0.2) is 18.2 Å². The molecule has 5 heteroatoms. The van der Waals surface area contributed by atoms with Gasteiger partial charge >= 0.3 is 5.97 Å². The third kappa shape index (κ3) is 2.73. The molecule has 1 saturated heterocycles. The SMILES string of the molecule is CC1CN(c2ccc(N)c(C(=O)O)c2)CCCO1. The molecule has 1 aliphatic rings. The Morgan fingerprint density at radius 1 is 1.56 bits per heavy atom. The largest absolute Gasteiger partial charge is 0.478 e. The Morgan fingerprint density at radius 2 is 2.33 bits per heavy atom. The molecule has 18 heavy (non-hydrogen) atoms. The molecule has 1 aromatic carbocycles. The molecule has 0 bridgehead atoms. The second kappa shape index (κ2) is 5.27. The highest BCUT2D eigenvalue weighted by Gasteiger charge is 2.17. The zero-order valence-electron chi connectivity index (χ0n) is 10.4. The molecular formula is C13H18N2O3. The molecule has 0 saturated carbocycles. The van der Waals surface area contributed by atoms with E-state index in [-0.39, 0.29) is 11.7 Å². The van der Waals surface area contributed by atoms with Crippen LogP contribution in [0.4, 0.5) is 11.4 Å². The van der Waals surface area contributed by atoms with Gasteiger partial charge in [0.15, 0.2) is 0 Å². The van der Waals surface area contributed by atoms with E-state index in [4.69, 9.17) is 15.6 Å². The number of carboxylic acids is 1. The van der Waals surface area contributed by atoms with Gasteiger partial charge in [-0.2, -0.15) is 0 Å². The van der Waals surface area contributed by atoms with E-state index in [0.29, 0.717) is 5.69 Å². The first kappa shape index (κ1) is 12.7. The number of nitrogens with zero attached hydrogens (tertiary/aromatic N) is 1. The first-order valence-electron chi connectivity index (χ1n) is 6.07. The normalized spacial score (nSPS) is 20.5. The van der Waals surface area contributed by atoms with Gasteiger partial charge in [-0.25, -0.2) is 4.79 Å². The van der Waals surface area contributed by atoms with Crippen LogP contribution in [0.3, 0.4) is 0 Å². The zero-order valence-corrected chi connectivity index (χ0v) is 10.4. The smallest absolute Gasteiger partial charge is 0.337 e. The number of hydrogen-bond acceptors (Lipinski definition) is 4. The van der Waals surface area contributed by atoms with Crippen molar-refractivity contribution in [3.63, 3.8) is 0 Å². The molecule has 1 fully saturated rings. The highest BCUT2D eigenvalue weighted by atomic mass is 16.5. The second-order valence-electron chi connectivity index (χ2n) is 4.56. The van der Waals surface area contributed by atoms with E-state index in [1.54, 1.807) is 12.1 Å². The predicted octanol–water partition coefficient (Wildman–Crippen LogP) is 1.58. The van der Waals surface area contributed by atoms with Gasteiger partial charge in [0.2, 0.25) is 0 Å². The summed E-state index contributed by atoms with van der Waals surface area (Å²) < 4.78 is 5.57. The first-order valence-corrected chi connectivity index (χ1v) is 6.07. The molecule has 3 N–H and O–H groups in total. The van der Waals surface area contributed by atoms with Crippen LogP contribution in [-0.4, -0.2) is 36.9 Å². The van der Waals surface area contributed by atoms with Crippen LogP contribution >= 0.6 is 0 Å². The van der Waals surface area contributed by atoms with Crippen molar-refractivity contribution in [3.05, 3.63) is 23.8 Å². The Bertz CT molecular complexity index is 448. The lowest BCUT2D eigenvalue weighted by atomic mass is 10.1. The summed E-state index contributed by atoms with van der Waals surface area (Å²) in [4.78, 5) is 13.2. The number of rotatable bonds is 2. The van der Waals surface area contributed by atoms with Crippen LogP contribution in [0.5, 0.6) is 0 Å². The van der Waals surface area contributed by atoms with Gasteiger partial charge in [0, 0.05) is 31.1 Å². The minimum atomic E-state index is -0.992. The van der Waals surface area contributed by atoms with Gasteiger partial charge in [-0.15, -0.1) is 0 Å². The molecule has 1 unspecified atom stereocenters. The molecule has 1 heterocycles. The van der Waals surface area contributed by atoms with Crippen LogP contribution in [0.1, 0.15) is 23.7 Å². The van der Waals surface area contributed by atoms with Crippen molar-refractivity contribution in [3.8, 4) is 0 Å². The van der Waals surface area contributed by atoms with Crippen molar-refractivity contribution < 1.29 is 14.6 Å². The fourth-order valence-electron chi connectivity index (χ4n) is 2.15. The topological polar surface area (TPSA) is 75.8 Å². The van der Waals surface area contributed by atoms with Gasteiger partial charge in [0.25, 0.3) is 0 Å². The molecule has 0 aliphatic carbocycles. The molecule has 0 radical (unpaired) electrons. The monoisotopic (exact) mass is 250 g/mol. The van der Waals surface area contributed by atoms with E-state index in [0.717, 1.165) is 31.8 Å². The number of aromatic carboxylic acids is 1. The molecule has 1 aliphatic heterocycles. The Labute approximate surface area is 106 Å². The molecule has 5 nitrogen and oxygen atoms in total. The van der Waals surface area contributed by atoms with E-state index in [2.05, 4.69) is 4.90 Å². The fraction of sp³-hybridized carbons (Fsp3) is 0.462. The number of nitrogen functional groups attached to an aromatic ring is 1. The highest BCUT2D eigenvalue weighted by Crippen LogP contribution is 2.23. The summed E-state index contributed by atoms with van der Waals surface area (Å²) in [5.41, 5.74) is 7.00. The Hall–Kier alpha value is -1.75. The van der Waals surface area contributed by atoms with E-state index < -0.39 is 5.97 Å². The molecule has 2 rings (SSSR count). The molecular weight excluding hydrogens is 232 g/mol. The number of benzene rings is 1. The third-order valence-corrected chi connectivity index (χ3v) is 3.08. The second-order valence-corrected chi connectivity index (χ2v) is 4.56. The molecule has 98 valence electrons. The molecule has 1 atom stereocenters. The lowest BCUT2D eigenvalue weighted by Gasteiger charge is -2.24. The number of nitrogens with two attached hydrogens (primary N) is 1. The van der Waals surface area contributed by atoms with Gasteiger partial charge < -0.3 is 20.5 Å². The third-order valence-electron chi connectivity index (χ3n) is 3.08. The van der Waals surface area contributed by atoms with Crippen molar-refractivity contribution in [2.75, 3.05) is 30.3 Å². The Morgan fingerprint density at radius 3 is 3.06 bits per heavy atom. The lowest BCUT2D eigenvalue weighted by Crippen LogP contribution is -2.30. The van der Waals surface area contributed by atoms with Gasteiger partial charge in [-0.1, -0.05) is 0 Å². The van der Waals surface area contributed by atoms with Gasteiger partial charge in [-0.05, 0) is 31.5 Å². The minimum Gasteiger partial charge on any atom is -0.478 e. The molecule has 1 aromatic rings. The van der Waals surface area contributed by atoms with Gasteiger partial charge in [0.05, 0.1) is 11.7 Å². The molecule has 0 aromatic heterocycles. The van der Waals surface area contributed by atoms with Crippen LogP contribution < -0.4 is 10.6 Å². The fourth-order valence-corrected chi connectivity index (χ4v) is 2.15. The van der Waals surface area contributed by atoms with Gasteiger partial charge in [0.1, 0.15) is 0 Å². The van der Waals surface area contributed by atoms with E-state index in [1.165, 1.54) is 0 Å². The summed E-state index contributed by atoms with van der Waals surface area (Å²) in [6, 6.07) is 5.14. The van der Waals surface area contributed by atoms with Gasteiger partial charge in [-0.3, -0.25) is 0 Å². The number of ether oxygens (including phenoxy) is 1. The first-order chi connectivity index (χ1) is 8.58. The maximum absolute atomic E-state index is 11.1. The number of carbonyl (C=O) groups is 1. The maximum Gasteiger partial charge on any atom is 0.337 e. The Kier molecular flexibility index (Phi) is 3.72. The highest BCUT2D eigenvalue weighted by molar-refractivity contribution is 5.94. The summed E-state index contributed by atoms with van der Waals surface area (Å²) in [6.07, 6.45) is 1.09. The van der Waals surface area contributed by atoms with Crippen molar-refractivity contribution in [2.24, 2.45) is 0 Å². The van der Waals surface area contributed by atoms with Crippen LogP contribution in [0, 0.1) is 0 Å². The van der Waals surface area contributed by atoms with Crippen LogP contribution in [-0.2, 0) is 4.74 Å². The average molecular weight is 250 g/mol. The molecule has 0 spiro atoms. The van der Waals surface area contributed by atoms with Crippen molar-refractivity contribution in [2.45, 2.75) is 19.4 Å². The van der Waals surface area contributed by atoms with E-state index >= 15 is 0 Å². The summed E-state index contributed by atoms with van der Waals surface area (Å²) >= 11 is 0. The number of carboxylic acid groups (broad SMARTS) is 1. The summed E-state index contributed by atoms with van der Waals surface area (Å²) in [5, 5.41) is 9.07. The summed E-state index contributed by atoms with van der Waals surface area (Å²) in [7, 11) is 0. The summed E-state index contributed by atoms with van der Waals surface area (Å²) in [5.74, 6) is -0.992. The Balaban J connectivity index is 2.26. The van der Waals surface area contributed by atoms with Crippen molar-refractivity contribution in [1.82, 2.24) is 0 Å². The molecule has 0 amide bonds. The zero-order chi connectivity index (χ0) is 13.1. The number of anilines is 2. The average Bonchev–Trinajstić information content (AvgIpc) is 2.54. The standard InChI is InChI=1S/C13H18N2O3/c1-9-8-15(5-2-6-18-9)10-3-4-12(14)11(7-10)13(16)17/h3-4,7,9H,2,5-6,8,14H2,1H3,(H,16,17). The van der Waals surface area contributed by atoms with Crippen molar-refractivity contribution in [1.29, 1.82) is 0 Å². The van der Waals surface area contributed by atoms with Crippen LogP contribution in [0.2, 0.25) is 0 Å². The van der Waals surface area contributed by atoms with Crippen LogP contribution in [0.25, 0.3) is 0 Å². The predicted molar refractivity (Wildman–Crippen MR) is 70.1 cm³/mol.